The van der Waals surface area contributed by atoms with Gasteiger partial charge < -0.3 is 15.3 Å². The number of nitrogens with one attached hydrogen (secondary N) is 1. The minimum atomic E-state index is -0.540. The van der Waals surface area contributed by atoms with Crippen molar-refractivity contribution in [2.75, 3.05) is 18.4 Å². The Bertz CT molecular complexity index is 757. The minimum absolute atomic E-state index is 0.0734. The molecule has 0 bridgehead atoms. The number of nitrogen functional groups attached to an aromatic ring is 1. The molecular formula is C13H17N7O4. The van der Waals surface area contributed by atoms with Crippen LogP contribution in [0.3, 0.4) is 0 Å². The number of methoxy groups -OCH3 is 1. The van der Waals surface area contributed by atoms with Crippen LogP contribution in [0.5, 0.6) is 11.5 Å². The molecule has 2 rings (SSSR count). The Morgan fingerprint density at radius 3 is 2.79 bits per heavy atom. The molecule has 0 amide bonds. The third kappa shape index (κ3) is 3.88. The highest BCUT2D eigenvalue weighted by atomic mass is 16.6. The summed E-state index contributed by atoms with van der Waals surface area (Å²) in [6.07, 6.45) is 2.42. The van der Waals surface area contributed by atoms with Crippen LogP contribution < -0.4 is 20.7 Å². The second-order valence-electron chi connectivity index (χ2n) is 4.93. The molecule has 0 unspecified atom stereocenters. The number of nitro groups is 1. The first-order valence-electron chi connectivity index (χ1n) is 6.89. The summed E-state index contributed by atoms with van der Waals surface area (Å²) >= 11 is 0. The summed E-state index contributed by atoms with van der Waals surface area (Å²) in [7, 11) is 1.41. The van der Waals surface area contributed by atoms with E-state index in [1.807, 2.05) is 0 Å². The highest BCUT2D eigenvalue weighted by molar-refractivity contribution is 5.83. The lowest BCUT2D eigenvalue weighted by molar-refractivity contribution is -0.386. The number of nitro benzene ring substituents is 1. The highest BCUT2D eigenvalue weighted by Crippen LogP contribution is 2.38. The van der Waals surface area contributed by atoms with Gasteiger partial charge >= 0.3 is 5.69 Å². The van der Waals surface area contributed by atoms with E-state index in [0.717, 1.165) is 4.68 Å². The molecule has 128 valence electrons. The van der Waals surface area contributed by atoms with Crippen molar-refractivity contribution in [1.29, 1.82) is 0 Å². The molecule has 0 spiro atoms. The first kappa shape index (κ1) is 17.0. The maximum atomic E-state index is 11.3. The van der Waals surface area contributed by atoms with E-state index in [0.29, 0.717) is 5.56 Å². The number of hydrazone groups is 1. The number of ether oxygens (including phenoxy) is 2. The molecule has 0 saturated carbocycles. The SMILES string of the molecule is COc1cc(C=NNc2nncn2N)cc([N+](=O)[O-])c1OC(C)C. The van der Waals surface area contributed by atoms with E-state index in [1.165, 1.54) is 25.7 Å². The van der Waals surface area contributed by atoms with Crippen LogP contribution >= 0.6 is 0 Å². The first-order valence-corrected chi connectivity index (χ1v) is 6.89. The van der Waals surface area contributed by atoms with Crippen molar-refractivity contribution in [3.63, 3.8) is 0 Å². The zero-order chi connectivity index (χ0) is 17.7. The monoisotopic (exact) mass is 335 g/mol. The lowest BCUT2D eigenvalue weighted by Crippen LogP contribution is -2.10. The fraction of sp³-hybridized carbons (Fsp3) is 0.308. The predicted molar refractivity (Wildman–Crippen MR) is 86.8 cm³/mol. The van der Waals surface area contributed by atoms with E-state index in [-0.39, 0.29) is 29.2 Å². The maximum absolute atomic E-state index is 11.3. The van der Waals surface area contributed by atoms with Crippen molar-refractivity contribution in [3.8, 4) is 11.5 Å². The summed E-state index contributed by atoms with van der Waals surface area (Å²) in [6, 6.07) is 2.90. The molecule has 0 aliphatic carbocycles. The number of rotatable bonds is 7. The number of benzene rings is 1. The molecule has 0 aliphatic rings. The zero-order valence-corrected chi connectivity index (χ0v) is 13.3. The summed E-state index contributed by atoms with van der Waals surface area (Å²) < 4.78 is 11.8. The summed E-state index contributed by atoms with van der Waals surface area (Å²) in [5, 5.41) is 22.5. The fourth-order valence-corrected chi connectivity index (χ4v) is 1.81. The van der Waals surface area contributed by atoms with Crippen LogP contribution in [0.2, 0.25) is 0 Å². The topological polar surface area (TPSA) is 143 Å². The quantitative estimate of drug-likeness (QED) is 0.332. The average molecular weight is 335 g/mol. The molecule has 0 saturated heterocycles. The number of anilines is 1. The lowest BCUT2D eigenvalue weighted by Gasteiger charge is -2.14. The number of hydrogen-bond acceptors (Lipinski definition) is 9. The average Bonchev–Trinajstić information content (AvgIpc) is 2.92. The zero-order valence-electron chi connectivity index (χ0n) is 13.3. The molecule has 0 aliphatic heterocycles. The van der Waals surface area contributed by atoms with Gasteiger partial charge in [0.15, 0.2) is 5.75 Å². The smallest absolute Gasteiger partial charge is 0.315 e. The van der Waals surface area contributed by atoms with Crippen LogP contribution in [-0.2, 0) is 0 Å². The molecule has 2 aromatic rings. The number of aromatic nitrogens is 3. The number of nitrogens with zero attached hydrogens (tertiary/aromatic N) is 5. The van der Waals surface area contributed by atoms with Crippen molar-refractivity contribution < 1.29 is 14.4 Å². The Morgan fingerprint density at radius 2 is 2.25 bits per heavy atom. The third-order valence-electron chi connectivity index (χ3n) is 2.78. The summed E-state index contributed by atoms with van der Waals surface area (Å²) in [6.45, 7) is 3.54. The summed E-state index contributed by atoms with van der Waals surface area (Å²) in [5.74, 6) is 6.05. The van der Waals surface area contributed by atoms with Gasteiger partial charge in [-0.15, -0.1) is 10.2 Å². The second-order valence-corrected chi connectivity index (χ2v) is 4.93. The fourth-order valence-electron chi connectivity index (χ4n) is 1.81. The van der Waals surface area contributed by atoms with Gasteiger partial charge in [0, 0.05) is 11.6 Å². The van der Waals surface area contributed by atoms with Gasteiger partial charge in [0.25, 0.3) is 5.95 Å². The van der Waals surface area contributed by atoms with Gasteiger partial charge in [-0.1, -0.05) is 0 Å². The van der Waals surface area contributed by atoms with Crippen molar-refractivity contribution in [1.82, 2.24) is 14.9 Å². The van der Waals surface area contributed by atoms with Gasteiger partial charge in [-0.2, -0.15) is 5.10 Å². The van der Waals surface area contributed by atoms with Crippen molar-refractivity contribution in [3.05, 3.63) is 34.1 Å². The highest BCUT2D eigenvalue weighted by Gasteiger charge is 2.22. The molecule has 0 fully saturated rings. The predicted octanol–water partition coefficient (Wildman–Crippen LogP) is 1.14. The van der Waals surface area contributed by atoms with Crippen LogP contribution in [0, 0.1) is 10.1 Å². The molecule has 24 heavy (non-hydrogen) atoms. The standard InChI is InChI=1S/C13H17N7O4/c1-8(2)24-12-10(20(21)22)4-9(5-11(12)23-3)6-15-17-13-18-16-7-19(13)14/h4-8H,14H2,1-3H3,(H,17,18). The molecule has 1 heterocycles. The Labute approximate surface area is 137 Å². The van der Waals surface area contributed by atoms with Crippen LogP contribution in [0.15, 0.2) is 23.6 Å². The van der Waals surface area contributed by atoms with E-state index < -0.39 is 4.92 Å². The number of hydrogen-bond donors (Lipinski definition) is 2. The van der Waals surface area contributed by atoms with E-state index in [9.17, 15) is 10.1 Å². The van der Waals surface area contributed by atoms with E-state index in [1.54, 1.807) is 19.9 Å². The lowest BCUT2D eigenvalue weighted by atomic mass is 10.2. The van der Waals surface area contributed by atoms with Crippen molar-refractivity contribution in [2.24, 2.45) is 5.10 Å². The third-order valence-corrected chi connectivity index (χ3v) is 2.78. The molecule has 1 aromatic carbocycles. The van der Waals surface area contributed by atoms with Crippen LogP contribution in [0.4, 0.5) is 11.6 Å². The van der Waals surface area contributed by atoms with E-state index in [4.69, 9.17) is 15.3 Å². The maximum Gasteiger partial charge on any atom is 0.315 e. The first-order chi connectivity index (χ1) is 11.4. The molecule has 1 aromatic heterocycles. The molecule has 11 nitrogen and oxygen atoms in total. The van der Waals surface area contributed by atoms with Gasteiger partial charge in [-0.3, -0.25) is 10.1 Å². The Balaban J connectivity index is 2.32. The second kappa shape index (κ2) is 7.26. The number of nitrogens with two attached hydrogens (primary N) is 1. The van der Waals surface area contributed by atoms with Gasteiger partial charge in [0.2, 0.25) is 5.75 Å². The van der Waals surface area contributed by atoms with Crippen molar-refractivity contribution in [2.45, 2.75) is 20.0 Å². The van der Waals surface area contributed by atoms with E-state index >= 15 is 0 Å². The van der Waals surface area contributed by atoms with Gasteiger partial charge in [0.1, 0.15) is 6.33 Å². The van der Waals surface area contributed by atoms with Crippen molar-refractivity contribution >= 4 is 17.9 Å². The van der Waals surface area contributed by atoms with Gasteiger partial charge in [0.05, 0.1) is 24.4 Å². The summed E-state index contributed by atoms with van der Waals surface area (Å²) in [4.78, 5) is 10.8. The van der Waals surface area contributed by atoms with E-state index in [2.05, 4.69) is 20.7 Å². The minimum Gasteiger partial charge on any atom is -0.493 e. The molecule has 0 atom stereocenters. The summed E-state index contributed by atoms with van der Waals surface area (Å²) in [5.41, 5.74) is 2.79. The molecular weight excluding hydrogens is 318 g/mol. The van der Waals surface area contributed by atoms with Gasteiger partial charge in [-0.05, 0) is 19.9 Å². The Hall–Kier alpha value is -3.37. The molecule has 0 radical (unpaired) electrons. The largest absolute Gasteiger partial charge is 0.493 e. The van der Waals surface area contributed by atoms with Crippen LogP contribution in [-0.4, -0.2) is 39.2 Å². The molecule has 11 heteroatoms. The van der Waals surface area contributed by atoms with Crippen LogP contribution in [0.25, 0.3) is 0 Å². The van der Waals surface area contributed by atoms with Crippen LogP contribution in [0.1, 0.15) is 19.4 Å². The Morgan fingerprint density at radius 1 is 1.50 bits per heavy atom. The van der Waals surface area contributed by atoms with Gasteiger partial charge in [-0.25, -0.2) is 10.1 Å². The Kier molecular flexibility index (Phi) is 5.14. The molecule has 3 N–H and O–H groups in total. The normalized spacial score (nSPS) is 11.0.